The van der Waals surface area contributed by atoms with E-state index in [1.165, 1.54) is 50.5 Å². The van der Waals surface area contributed by atoms with Crippen molar-refractivity contribution in [3.63, 3.8) is 0 Å². The van der Waals surface area contributed by atoms with Gasteiger partial charge in [-0.2, -0.15) is 0 Å². The Morgan fingerprint density at radius 2 is 2.20 bits per heavy atom. The van der Waals surface area contributed by atoms with Crippen LogP contribution in [-0.4, -0.2) is 0 Å². The van der Waals surface area contributed by atoms with Gasteiger partial charge in [0, 0.05) is 0 Å². The third-order valence-electron chi connectivity index (χ3n) is 3.56. The van der Waals surface area contributed by atoms with Crippen LogP contribution in [0, 0.1) is 11.8 Å². The first kappa shape index (κ1) is 12.5. The van der Waals surface area contributed by atoms with Crippen LogP contribution in [0.1, 0.15) is 58.3 Å². The smallest absolute Gasteiger partial charge is 0.0294 e. The summed E-state index contributed by atoms with van der Waals surface area (Å²) in [5, 5.41) is 0. The minimum absolute atomic E-state index is 0.935. The number of allylic oxidation sites excluding steroid dienone is 2. The standard InChI is InChI=1S/C15H26/c1-4-5-6-8-13(2)11-15-10-7-9-14(3)12-15/h4,14-15H,1-2,5-12H2,3H3. The van der Waals surface area contributed by atoms with E-state index >= 15 is 0 Å². The third kappa shape index (κ3) is 5.20. The maximum absolute atomic E-state index is 4.21. The van der Waals surface area contributed by atoms with Crippen molar-refractivity contribution in [1.29, 1.82) is 0 Å². The van der Waals surface area contributed by atoms with E-state index in [1.807, 2.05) is 6.08 Å². The highest BCUT2D eigenvalue weighted by molar-refractivity contribution is 4.97. The maximum atomic E-state index is 4.21. The lowest BCUT2D eigenvalue weighted by molar-refractivity contribution is 0.280. The zero-order chi connectivity index (χ0) is 11.1. The van der Waals surface area contributed by atoms with Gasteiger partial charge in [0.25, 0.3) is 0 Å². The topological polar surface area (TPSA) is 0 Å². The van der Waals surface area contributed by atoms with Crippen LogP contribution in [0.25, 0.3) is 0 Å². The van der Waals surface area contributed by atoms with E-state index in [0.717, 1.165) is 18.3 Å². The molecule has 1 rings (SSSR count). The Labute approximate surface area is 95.5 Å². The van der Waals surface area contributed by atoms with Crippen LogP contribution in [0.3, 0.4) is 0 Å². The summed E-state index contributed by atoms with van der Waals surface area (Å²) in [5.41, 5.74) is 1.47. The summed E-state index contributed by atoms with van der Waals surface area (Å²) in [6.07, 6.45) is 12.6. The van der Waals surface area contributed by atoms with Crippen molar-refractivity contribution in [2.45, 2.75) is 58.3 Å². The molecule has 0 amide bonds. The predicted molar refractivity (Wildman–Crippen MR) is 68.9 cm³/mol. The van der Waals surface area contributed by atoms with Gasteiger partial charge in [-0.1, -0.05) is 44.4 Å². The average molecular weight is 206 g/mol. The maximum Gasteiger partial charge on any atom is -0.0294 e. The van der Waals surface area contributed by atoms with Gasteiger partial charge in [0.15, 0.2) is 0 Å². The van der Waals surface area contributed by atoms with Gasteiger partial charge >= 0.3 is 0 Å². The lowest BCUT2D eigenvalue weighted by Crippen LogP contribution is -2.13. The second-order valence-corrected chi connectivity index (χ2v) is 5.27. The fourth-order valence-corrected chi connectivity index (χ4v) is 2.75. The molecule has 0 spiro atoms. The Bertz CT molecular complexity index is 202. The van der Waals surface area contributed by atoms with E-state index in [1.54, 1.807) is 0 Å². The Morgan fingerprint density at radius 1 is 1.40 bits per heavy atom. The number of hydrogen-bond donors (Lipinski definition) is 0. The van der Waals surface area contributed by atoms with E-state index in [-0.39, 0.29) is 0 Å². The summed E-state index contributed by atoms with van der Waals surface area (Å²) in [7, 11) is 0. The molecule has 2 unspecified atom stereocenters. The van der Waals surface area contributed by atoms with Gasteiger partial charge in [0.05, 0.1) is 0 Å². The monoisotopic (exact) mass is 206 g/mol. The highest BCUT2D eigenvalue weighted by Crippen LogP contribution is 2.33. The van der Waals surface area contributed by atoms with Gasteiger partial charge in [0.2, 0.25) is 0 Å². The van der Waals surface area contributed by atoms with Crippen molar-refractivity contribution in [3.8, 4) is 0 Å². The Kier molecular flexibility index (Phi) is 5.75. The second-order valence-electron chi connectivity index (χ2n) is 5.27. The van der Waals surface area contributed by atoms with Crippen molar-refractivity contribution in [2.75, 3.05) is 0 Å². The molecular weight excluding hydrogens is 180 g/mol. The van der Waals surface area contributed by atoms with E-state index < -0.39 is 0 Å². The largest absolute Gasteiger partial charge is 0.103 e. The molecule has 0 aromatic carbocycles. The molecule has 0 aliphatic heterocycles. The Balaban J connectivity index is 2.16. The quantitative estimate of drug-likeness (QED) is 0.418. The summed E-state index contributed by atoms with van der Waals surface area (Å²) in [6.45, 7) is 10.4. The van der Waals surface area contributed by atoms with Crippen LogP contribution in [0.5, 0.6) is 0 Å². The van der Waals surface area contributed by atoms with Crippen molar-refractivity contribution in [2.24, 2.45) is 11.8 Å². The van der Waals surface area contributed by atoms with E-state index in [4.69, 9.17) is 0 Å². The average Bonchev–Trinajstić information content (AvgIpc) is 2.18. The number of unbranched alkanes of at least 4 members (excludes halogenated alkanes) is 1. The van der Waals surface area contributed by atoms with Crippen LogP contribution >= 0.6 is 0 Å². The number of rotatable bonds is 6. The summed E-state index contributed by atoms with van der Waals surface area (Å²) >= 11 is 0. The molecule has 0 nitrogen and oxygen atoms in total. The van der Waals surface area contributed by atoms with Crippen molar-refractivity contribution in [1.82, 2.24) is 0 Å². The minimum atomic E-state index is 0.935. The summed E-state index contributed by atoms with van der Waals surface area (Å²) < 4.78 is 0. The van der Waals surface area contributed by atoms with Crippen LogP contribution in [0.2, 0.25) is 0 Å². The van der Waals surface area contributed by atoms with E-state index in [2.05, 4.69) is 20.1 Å². The first-order valence-electron chi connectivity index (χ1n) is 6.50. The first-order chi connectivity index (χ1) is 7.22. The molecule has 0 bridgehead atoms. The van der Waals surface area contributed by atoms with Crippen LogP contribution in [0.4, 0.5) is 0 Å². The number of hydrogen-bond acceptors (Lipinski definition) is 0. The molecule has 0 heterocycles. The highest BCUT2D eigenvalue weighted by Gasteiger charge is 2.18. The zero-order valence-electron chi connectivity index (χ0n) is 10.3. The Hall–Kier alpha value is -0.520. The van der Waals surface area contributed by atoms with Crippen LogP contribution < -0.4 is 0 Å². The molecule has 1 aliphatic rings. The molecule has 15 heavy (non-hydrogen) atoms. The van der Waals surface area contributed by atoms with Crippen LogP contribution in [0.15, 0.2) is 24.8 Å². The van der Waals surface area contributed by atoms with Crippen molar-refractivity contribution < 1.29 is 0 Å². The molecule has 86 valence electrons. The molecule has 0 radical (unpaired) electrons. The molecule has 0 aromatic heterocycles. The molecule has 2 atom stereocenters. The van der Waals surface area contributed by atoms with Crippen molar-refractivity contribution in [3.05, 3.63) is 24.8 Å². The molecule has 0 heteroatoms. The highest BCUT2D eigenvalue weighted by atomic mass is 14.2. The van der Waals surface area contributed by atoms with Gasteiger partial charge < -0.3 is 0 Å². The molecular formula is C15H26. The van der Waals surface area contributed by atoms with Crippen LogP contribution in [-0.2, 0) is 0 Å². The molecule has 1 fully saturated rings. The molecule has 0 N–H and O–H groups in total. The molecule has 0 aromatic rings. The lowest BCUT2D eigenvalue weighted by Gasteiger charge is -2.27. The molecule has 1 aliphatic carbocycles. The summed E-state index contributed by atoms with van der Waals surface area (Å²) in [4.78, 5) is 0. The SMILES string of the molecule is C=CCCCC(=C)CC1CCCC(C)C1. The lowest BCUT2D eigenvalue weighted by atomic mass is 9.79. The molecule has 1 saturated carbocycles. The first-order valence-corrected chi connectivity index (χ1v) is 6.50. The summed E-state index contributed by atoms with van der Waals surface area (Å²) in [5.74, 6) is 1.88. The van der Waals surface area contributed by atoms with Gasteiger partial charge in [-0.25, -0.2) is 0 Å². The second kappa shape index (κ2) is 6.87. The van der Waals surface area contributed by atoms with E-state index in [9.17, 15) is 0 Å². The predicted octanol–water partition coefficient (Wildman–Crippen LogP) is 5.12. The van der Waals surface area contributed by atoms with Gasteiger partial charge in [-0.15, -0.1) is 6.58 Å². The summed E-state index contributed by atoms with van der Waals surface area (Å²) in [6, 6.07) is 0. The van der Waals surface area contributed by atoms with Gasteiger partial charge in [-0.05, 0) is 43.9 Å². The van der Waals surface area contributed by atoms with Crippen molar-refractivity contribution >= 4 is 0 Å². The third-order valence-corrected chi connectivity index (χ3v) is 3.56. The normalized spacial score (nSPS) is 26.2. The zero-order valence-corrected chi connectivity index (χ0v) is 10.3. The fourth-order valence-electron chi connectivity index (χ4n) is 2.75. The van der Waals surface area contributed by atoms with E-state index in [0.29, 0.717) is 0 Å². The molecule has 0 saturated heterocycles. The Morgan fingerprint density at radius 3 is 2.87 bits per heavy atom. The van der Waals surface area contributed by atoms with Gasteiger partial charge in [-0.3, -0.25) is 0 Å². The minimum Gasteiger partial charge on any atom is -0.103 e. The van der Waals surface area contributed by atoms with Gasteiger partial charge in [0.1, 0.15) is 0 Å². The fraction of sp³-hybridized carbons (Fsp3) is 0.733.